The summed E-state index contributed by atoms with van der Waals surface area (Å²) in [6, 6.07) is 0. The second-order valence-electron chi connectivity index (χ2n) is 3.18. The van der Waals surface area contributed by atoms with Crippen LogP contribution in [0.3, 0.4) is 0 Å². The van der Waals surface area contributed by atoms with E-state index in [1.807, 2.05) is 4.90 Å². The van der Waals surface area contributed by atoms with Crippen LogP contribution < -0.4 is 0 Å². The van der Waals surface area contributed by atoms with Gasteiger partial charge in [0.05, 0.1) is 18.8 Å². The van der Waals surface area contributed by atoms with Gasteiger partial charge in [-0.25, -0.2) is 0 Å². The van der Waals surface area contributed by atoms with E-state index in [4.69, 9.17) is 15.3 Å². The molecular formula is C8H19NO3. The minimum Gasteiger partial charge on any atom is -0.395 e. The molecule has 74 valence electrons. The van der Waals surface area contributed by atoms with Crippen molar-refractivity contribution in [1.29, 1.82) is 0 Å². The zero-order chi connectivity index (χ0) is 9.56. The smallest absolute Gasteiger partial charge is 0.0639 e. The minimum absolute atomic E-state index is 0.0550. The SMILES string of the molecule is C[C@H](O)CN(CCO)C[C@@H](C)O. The van der Waals surface area contributed by atoms with Crippen LogP contribution in [0.5, 0.6) is 0 Å². The van der Waals surface area contributed by atoms with Gasteiger partial charge in [-0.3, -0.25) is 4.90 Å². The van der Waals surface area contributed by atoms with Crippen LogP contribution in [0, 0.1) is 0 Å². The standard InChI is InChI=1S/C8H19NO3/c1-7(11)5-9(3-4-10)6-8(2)12/h7-8,10-12H,3-6H2,1-2H3/t7-,8+. The maximum Gasteiger partial charge on any atom is 0.0639 e. The maximum absolute atomic E-state index is 9.06. The van der Waals surface area contributed by atoms with Crippen LogP contribution in [-0.2, 0) is 0 Å². The Balaban J connectivity index is 3.69. The Morgan fingerprint density at radius 3 is 1.75 bits per heavy atom. The largest absolute Gasteiger partial charge is 0.395 e. The van der Waals surface area contributed by atoms with E-state index in [-0.39, 0.29) is 6.61 Å². The Morgan fingerprint density at radius 2 is 1.50 bits per heavy atom. The quantitative estimate of drug-likeness (QED) is 0.489. The van der Waals surface area contributed by atoms with E-state index in [2.05, 4.69) is 0 Å². The minimum atomic E-state index is -0.421. The molecule has 0 saturated heterocycles. The van der Waals surface area contributed by atoms with Crippen molar-refractivity contribution in [2.24, 2.45) is 0 Å². The van der Waals surface area contributed by atoms with Crippen molar-refractivity contribution in [1.82, 2.24) is 4.90 Å². The third-order valence-electron chi connectivity index (χ3n) is 1.46. The number of hydrogen-bond acceptors (Lipinski definition) is 4. The van der Waals surface area contributed by atoms with Crippen molar-refractivity contribution in [3.05, 3.63) is 0 Å². The fraction of sp³-hybridized carbons (Fsp3) is 1.00. The predicted molar refractivity (Wildman–Crippen MR) is 46.9 cm³/mol. The van der Waals surface area contributed by atoms with Gasteiger partial charge in [-0.1, -0.05) is 0 Å². The van der Waals surface area contributed by atoms with Gasteiger partial charge >= 0.3 is 0 Å². The molecule has 0 fully saturated rings. The highest BCUT2D eigenvalue weighted by atomic mass is 16.3. The van der Waals surface area contributed by atoms with E-state index in [0.717, 1.165) is 0 Å². The van der Waals surface area contributed by atoms with Crippen LogP contribution >= 0.6 is 0 Å². The number of aliphatic hydroxyl groups excluding tert-OH is 3. The first-order valence-electron chi connectivity index (χ1n) is 4.25. The van der Waals surface area contributed by atoms with Gasteiger partial charge in [-0.05, 0) is 13.8 Å². The summed E-state index contributed by atoms with van der Waals surface area (Å²) in [5, 5.41) is 26.8. The molecule has 0 saturated carbocycles. The lowest BCUT2D eigenvalue weighted by Crippen LogP contribution is -2.38. The number of hydrogen-bond donors (Lipinski definition) is 3. The van der Waals surface area contributed by atoms with E-state index in [1.54, 1.807) is 13.8 Å². The van der Waals surface area contributed by atoms with Gasteiger partial charge in [0.25, 0.3) is 0 Å². The topological polar surface area (TPSA) is 63.9 Å². The summed E-state index contributed by atoms with van der Waals surface area (Å²) in [5.41, 5.74) is 0. The van der Waals surface area contributed by atoms with E-state index in [1.165, 1.54) is 0 Å². The molecule has 0 aromatic heterocycles. The lowest BCUT2D eigenvalue weighted by Gasteiger charge is -2.23. The zero-order valence-electron chi connectivity index (χ0n) is 7.77. The highest BCUT2D eigenvalue weighted by molar-refractivity contribution is 4.63. The average Bonchev–Trinajstić information content (AvgIpc) is 1.84. The van der Waals surface area contributed by atoms with Gasteiger partial charge in [0.2, 0.25) is 0 Å². The molecule has 4 heteroatoms. The number of aliphatic hydroxyl groups is 3. The first-order chi connectivity index (χ1) is 5.56. The highest BCUT2D eigenvalue weighted by Crippen LogP contribution is 1.94. The zero-order valence-corrected chi connectivity index (χ0v) is 7.77. The highest BCUT2D eigenvalue weighted by Gasteiger charge is 2.09. The van der Waals surface area contributed by atoms with Crippen molar-refractivity contribution >= 4 is 0 Å². The molecule has 3 N–H and O–H groups in total. The molecule has 0 rings (SSSR count). The van der Waals surface area contributed by atoms with Gasteiger partial charge in [-0.15, -0.1) is 0 Å². The average molecular weight is 177 g/mol. The molecule has 0 aliphatic rings. The van der Waals surface area contributed by atoms with Crippen LogP contribution in [0.1, 0.15) is 13.8 Å². The number of rotatable bonds is 6. The van der Waals surface area contributed by atoms with Crippen molar-refractivity contribution < 1.29 is 15.3 Å². The molecule has 0 aromatic rings. The maximum atomic E-state index is 9.06. The van der Waals surface area contributed by atoms with Crippen molar-refractivity contribution in [2.45, 2.75) is 26.1 Å². The molecule has 0 bridgehead atoms. The second-order valence-corrected chi connectivity index (χ2v) is 3.18. The number of nitrogens with zero attached hydrogens (tertiary/aromatic N) is 1. The summed E-state index contributed by atoms with van der Waals surface area (Å²) in [6.07, 6.45) is -0.842. The normalized spacial score (nSPS) is 16.5. The van der Waals surface area contributed by atoms with Crippen LogP contribution in [-0.4, -0.2) is 58.7 Å². The Bertz CT molecular complexity index is 96.5. The summed E-state index contributed by atoms with van der Waals surface area (Å²) >= 11 is 0. The molecular weight excluding hydrogens is 158 g/mol. The van der Waals surface area contributed by atoms with Crippen molar-refractivity contribution in [2.75, 3.05) is 26.2 Å². The molecule has 4 nitrogen and oxygen atoms in total. The first kappa shape index (κ1) is 11.8. The van der Waals surface area contributed by atoms with Crippen LogP contribution in [0.25, 0.3) is 0 Å². The van der Waals surface area contributed by atoms with Gasteiger partial charge in [-0.2, -0.15) is 0 Å². The molecule has 0 aliphatic heterocycles. The van der Waals surface area contributed by atoms with Crippen molar-refractivity contribution in [3.63, 3.8) is 0 Å². The van der Waals surface area contributed by atoms with Gasteiger partial charge in [0, 0.05) is 19.6 Å². The molecule has 0 unspecified atom stereocenters. The van der Waals surface area contributed by atoms with Crippen LogP contribution in [0.4, 0.5) is 0 Å². The predicted octanol–water partition coefficient (Wildman–Crippen LogP) is -0.958. The molecule has 0 amide bonds. The third-order valence-corrected chi connectivity index (χ3v) is 1.46. The van der Waals surface area contributed by atoms with Gasteiger partial charge in [0.15, 0.2) is 0 Å². The summed E-state index contributed by atoms with van der Waals surface area (Å²) < 4.78 is 0. The molecule has 0 spiro atoms. The summed E-state index contributed by atoms with van der Waals surface area (Å²) in [5.74, 6) is 0. The van der Waals surface area contributed by atoms with Crippen LogP contribution in [0.2, 0.25) is 0 Å². The van der Waals surface area contributed by atoms with Crippen LogP contribution in [0.15, 0.2) is 0 Å². The fourth-order valence-corrected chi connectivity index (χ4v) is 1.15. The Morgan fingerprint density at radius 1 is 1.08 bits per heavy atom. The van der Waals surface area contributed by atoms with Crippen molar-refractivity contribution in [3.8, 4) is 0 Å². The van der Waals surface area contributed by atoms with Gasteiger partial charge in [0.1, 0.15) is 0 Å². The molecule has 0 aliphatic carbocycles. The van der Waals surface area contributed by atoms with E-state index in [0.29, 0.717) is 19.6 Å². The molecule has 0 aromatic carbocycles. The first-order valence-corrected chi connectivity index (χ1v) is 4.25. The van der Waals surface area contributed by atoms with Gasteiger partial charge < -0.3 is 15.3 Å². The lowest BCUT2D eigenvalue weighted by molar-refractivity contribution is 0.0725. The Kier molecular flexibility index (Phi) is 6.28. The third kappa shape index (κ3) is 6.54. The molecule has 0 heterocycles. The summed E-state index contributed by atoms with van der Waals surface area (Å²) in [6.45, 7) is 4.91. The van der Waals surface area contributed by atoms with E-state index in [9.17, 15) is 0 Å². The summed E-state index contributed by atoms with van der Waals surface area (Å²) in [4.78, 5) is 1.83. The second kappa shape index (κ2) is 6.37. The van der Waals surface area contributed by atoms with E-state index < -0.39 is 12.2 Å². The summed E-state index contributed by atoms with van der Waals surface area (Å²) in [7, 11) is 0. The van der Waals surface area contributed by atoms with E-state index >= 15 is 0 Å². The monoisotopic (exact) mass is 177 g/mol. The molecule has 0 radical (unpaired) electrons. The fourth-order valence-electron chi connectivity index (χ4n) is 1.15. The molecule has 2 atom stereocenters. The Labute approximate surface area is 73.4 Å². The Hall–Kier alpha value is -0.160. The molecule has 12 heavy (non-hydrogen) atoms. The lowest BCUT2D eigenvalue weighted by atomic mass is 10.3.